The minimum absolute atomic E-state index is 0.0191. The first-order valence-electron chi connectivity index (χ1n) is 10.5. The van der Waals surface area contributed by atoms with Gasteiger partial charge in [0.2, 0.25) is 5.91 Å². The van der Waals surface area contributed by atoms with Crippen molar-refractivity contribution in [2.75, 3.05) is 11.1 Å². The number of aromatic nitrogens is 2. The zero-order valence-electron chi connectivity index (χ0n) is 18.2. The molecule has 1 atom stereocenters. The standard InChI is InChI=1S/C24H27N3O2S2/c1-5-10-27-23(29)21-17-9-7-15(3)12-19(17)31-22(21)26-24(27)30-13-20(28)25-18-11-14(2)6-8-16(18)4/h5-6,8,11,15H,1,7,9-10,12-13H2,2-4H3,(H,25,28). The minimum Gasteiger partial charge on any atom is -0.325 e. The number of allylic oxidation sites excluding steroid dienone is 1. The second-order valence-electron chi connectivity index (χ2n) is 8.29. The van der Waals surface area contributed by atoms with Gasteiger partial charge < -0.3 is 5.32 Å². The maximum atomic E-state index is 13.3. The Bertz CT molecular complexity index is 1230. The van der Waals surface area contributed by atoms with Gasteiger partial charge in [0.15, 0.2) is 5.16 Å². The fourth-order valence-corrected chi connectivity index (χ4v) is 6.22. The highest BCUT2D eigenvalue weighted by Crippen LogP contribution is 2.36. The Morgan fingerprint density at radius 1 is 1.42 bits per heavy atom. The van der Waals surface area contributed by atoms with Crippen LogP contribution in [0.15, 0.2) is 40.8 Å². The van der Waals surface area contributed by atoms with Crippen LogP contribution in [0.3, 0.4) is 0 Å². The minimum atomic E-state index is -0.113. The van der Waals surface area contributed by atoms with E-state index in [9.17, 15) is 9.59 Å². The summed E-state index contributed by atoms with van der Waals surface area (Å²) in [6.07, 6.45) is 4.76. The van der Waals surface area contributed by atoms with Gasteiger partial charge in [-0.15, -0.1) is 17.9 Å². The third-order valence-electron chi connectivity index (χ3n) is 5.69. The second-order valence-corrected chi connectivity index (χ2v) is 10.3. The number of nitrogens with one attached hydrogen (secondary N) is 1. The highest BCUT2D eigenvalue weighted by Gasteiger charge is 2.24. The van der Waals surface area contributed by atoms with E-state index in [1.165, 1.54) is 22.2 Å². The highest BCUT2D eigenvalue weighted by molar-refractivity contribution is 7.99. The quantitative estimate of drug-likeness (QED) is 0.320. The van der Waals surface area contributed by atoms with Crippen molar-refractivity contribution < 1.29 is 4.79 Å². The molecule has 1 N–H and O–H groups in total. The van der Waals surface area contributed by atoms with Crippen molar-refractivity contribution in [3.05, 3.63) is 62.8 Å². The van der Waals surface area contributed by atoms with Crippen molar-refractivity contribution >= 4 is 44.9 Å². The number of amides is 1. The molecule has 0 radical (unpaired) electrons. The number of carbonyl (C=O) groups is 1. The molecular weight excluding hydrogens is 426 g/mol. The third kappa shape index (κ3) is 4.48. The maximum Gasteiger partial charge on any atom is 0.263 e. The number of rotatable bonds is 6. The van der Waals surface area contributed by atoms with E-state index in [0.29, 0.717) is 17.6 Å². The number of anilines is 1. The summed E-state index contributed by atoms with van der Waals surface area (Å²) in [6.45, 7) is 10.4. The first kappa shape index (κ1) is 21.8. The molecule has 1 unspecified atom stereocenters. The summed E-state index contributed by atoms with van der Waals surface area (Å²) >= 11 is 2.93. The lowest BCUT2D eigenvalue weighted by Gasteiger charge is -2.17. The molecule has 31 heavy (non-hydrogen) atoms. The van der Waals surface area contributed by atoms with E-state index in [1.807, 2.05) is 32.0 Å². The molecule has 1 aromatic carbocycles. The summed E-state index contributed by atoms with van der Waals surface area (Å²) in [5, 5.41) is 4.31. The third-order valence-corrected chi connectivity index (χ3v) is 7.82. The van der Waals surface area contributed by atoms with Crippen LogP contribution in [0.2, 0.25) is 0 Å². The number of thiophene rings is 1. The Labute approximate surface area is 190 Å². The Hall–Kier alpha value is -2.38. The summed E-state index contributed by atoms with van der Waals surface area (Å²) in [5.41, 5.74) is 4.09. The fourth-order valence-electron chi connectivity index (χ4n) is 3.99. The van der Waals surface area contributed by atoms with E-state index in [-0.39, 0.29) is 17.2 Å². The molecule has 3 aromatic rings. The summed E-state index contributed by atoms with van der Waals surface area (Å²) in [5.74, 6) is 0.709. The van der Waals surface area contributed by atoms with Crippen LogP contribution in [-0.4, -0.2) is 21.2 Å². The van der Waals surface area contributed by atoms with Gasteiger partial charge in [0, 0.05) is 17.1 Å². The van der Waals surface area contributed by atoms with Crippen LogP contribution in [0.5, 0.6) is 0 Å². The molecule has 0 aliphatic heterocycles. The van der Waals surface area contributed by atoms with Gasteiger partial charge in [-0.2, -0.15) is 0 Å². The van der Waals surface area contributed by atoms with E-state index in [1.54, 1.807) is 22.0 Å². The number of hydrogen-bond donors (Lipinski definition) is 1. The molecule has 0 saturated carbocycles. The smallest absolute Gasteiger partial charge is 0.263 e. The first-order chi connectivity index (χ1) is 14.9. The van der Waals surface area contributed by atoms with Gasteiger partial charge >= 0.3 is 0 Å². The van der Waals surface area contributed by atoms with Crippen molar-refractivity contribution in [3.8, 4) is 0 Å². The maximum absolute atomic E-state index is 13.3. The molecule has 5 nitrogen and oxygen atoms in total. The average molecular weight is 454 g/mol. The fraction of sp³-hybridized carbons (Fsp3) is 0.375. The number of hydrogen-bond acceptors (Lipinski definition) is 5. The van der Waals surface area contributed by atoms with Gasteiger partial charge in [0.05, 0.1) is 11.1 Å². The Morgan fingerprint density at radius 2 is 2.23 bits per heavy atom. The van der Waals surface area contributed by atoms with Crippen LogP contribution in [0.1, 0.15) is 34.9 Å². The summed E-state index contributed by atoms with van der Waals surface area (Å²) < 4.78 is 1.65. The van der Waals surface area contributed by atoms with E-state index < -0.39 is 0 Å². The van der Waals surface area contributed by atoms with Gasteiger partial charge in [-0.3, -0.25) is 14.2 Å². The van der Waals surface area contributed by atoms with Gasteiger partial charge in [-0.05, 0) is 61.8 Å². The number of nitrogens with zero attached hydrogens (tertiary/aromatic N) is 2. The van der Waals surface area contributed by atoms with Crippen LogP contribution < -0.4 is 10.9 Å². The largest absolute Gasteiger partial charge is 0.325 e. The monoisotopic (exact) mass is 453 g/mol. The molecule has 1 aliphatic carbocycles. The van der Waals surface area contributed by atoms with Gasteiger partial charge in [-0.25, -0.2) is 4.98 Å². The molecule has 1 amide bonds. The average Bonchev–Trinajstić information content (AvgIpc) is 3.09. The topological polar surface area (TPSA) is 64.0 Å². The molecule has 7 heteroatoms. The zero-order chi connectivity index (χ0) is 22.1. The van der Waals surface area contributed by atoms with E-state index in [0.717, 1.165) is 46.3 Å². The number of thioether (sulfide) groups is 1. The van der Waals surface area contributed by atoms with Crippen LogP contribution in [0, 0.1) is 19.8 Å². The molecular formula is C24H27N3O2S2. The van der Waals surface area contributed by atoms with Gasteiger partial charge in [0.1, 0.15) is 4.83 Å². The van der Waals surface area contributed by atoms with E-state index >= 15 is 0 Å². The number of aryl methyl sites for hydroxylation is 3. The van der Waals surface area contributed by atoms with Crippen LogP contribution in [0.4, 0.5) is 5.69 Å². The van der Waals surface area contributed by atoms with Crippen molar-refractivity contribution in [2.24, 2.45) is 5.92 Å². The van der Waals surface area contributed by atoms with Gasteiger partial charge in [-0.1, -0.05) is 36.9 Å². The van der Waals surface area contributed by atoms with Crippen molar-refractivity contribution in [3.63, 3.8) is 0 Å². The predicted molar refractivity (Wildman–Crippen MR) is 131 cm³/mol. The van der Waals surface area contributed by atoms with E-state index in [2.05, 4.69) is 18.8 Å². The number of fused-ring (bicyclic) bond motifs is 3. The molecule has 162 valence electrons. The Balaban J connectivity index is 1.61. The predicted octanol–water partition coefficient (Wildman–Crippen LogP) is 5.12. The molecule has 0 fully saturated rings. The van der Waals surface area contributed by atoms with Crippen molar-refractivity contribution in [2.45, 2.75) is 51.7 Å². The first-order valence-corrected chi connectivity index (χ1v) is 12.3. The second kappa shape index (κ2) is 9.01. The van der Waals surface area contributed by atoms with Crippen molar-refractivity contribution in [1.82, 2.24) is 9.55 Å². The molecule has 1 aliphatic rings. The number of benzene rings is 1. The summed E-state index contributed by atoms with van der Waals surface area (Å²) in [7, 11) is 0. The molecule has 2 aromatic heterocycles. The normalized spacial score (nSPS) is 15.6. The SMILES string of the molecule is C=CCn1c(SCC(=O)Nc2cc(C)ccc2C)nc2sc3c(c2c1=O)CCC(C)C3. The Kier molecular flexibility index (Phi) is 6.34. The summed E-state index contributed by atoms with van der Waals surface area (Å²) in [6, 6.07) is 5.98. The zero-order valence-corrected chi connectivity index (χ0v) is 19.8. The molecule has 4 rings (SSSR count). The van der Waals surface area contributed by atoms with E-state index in [4.69, 9.17) is 4.98 Å². The number of carbonyl (C=O) groups excluding carboxylic acids is 1. The molecule has 0 saturated heterocycles. The molecule has 0 spiro atoms. The highest BCUT2D eigenvalue weighted by atomic mass is 32.2. The van der Waals surface area contributed by atoms with Gasteiger partial charge in [0.25, 0.3) is 5.56 Å². The van der Waals surface area contributed by atoms with Crippen LogP contribution in [-0.2, 0) is 24.2 Å². The molecule has 0 bridgehead atoms. The Morgan fingerprint density at radius 3 is 3.00 bits per heavy atom. The lowest BCUT2D eigenvalue weighted by atomic mass is 9.89. The summed E-state index contributed by atoms with van der Waals surface area (Å²) in [4.78, 5) is 32.8. The molecule has 2 heterocycles. The lowest BCUT2D eigenvalue weighted by molar-refractivity contribution is -0.113. The van der Waals surface area contributed by atoms with Crippen molar-refractivity contribution in [1.29, 1.82) is 0 Å². The van der Waals surface area contributed by atoms with Crippen LogP contribution in [0.25, 0.3) is 10.2 Å². The van der Waals surface area contributed by atoms with Crippen LogP contribution >= 0.6 is 23.1 Å². The lowest BCUT2D eigenvalue weighted by Crippen LogP contribution is -2.24.